The minimum atomic E-state index is -1.37. The molecule has 0 radical (unpaired) electrons. The van der Waals surface area contributed by atoms with Gasteiger partial charge in [-0.1, -0.05) is 6.07 Å². The van der Waals surface area contributed by atoms with Gasteiger partial charge in [-0.3, -0.25) is 4.79 Å². The summed E-state index contributed by atoms with van der Waals surface area (Å²) in [6.07, 6.45) is 2.23. The number of likely N-dealkylation sites (N-methyl/N-ethyl adjacent to an activating group) is 1. The highest BCUT2D eigenvalue weighted by atomic mass is 19.1. The molecule has 1 aliphatic carbocycles. The van der Waals surface area contributed by atoms with Crippen LogP contribution in [0.1, 0.15) is 47.6 Å². The number of halogens is 1. The minimum absolute atomic E-state index is 0.204. The van der Waals surface area contributed by atoms with Gasteiger partial charge in [0, 0.05) is 18.3 Å². The Kier molecular flexibility index (Phi) is 4.34. The molecule has 26 heavy (non-hydrogen) atoms. The number of rotatable bonds is 4. The van der Waals surface area contributed by atoms with Crippen molar-refractivity contribution < 1.29 is 19.1 Å². The third-order valence-electron chi connectivity index (χ3n) is 5.13. The normalized spacial score (nSPS) is 13.6. The predicted octanol–water partition coefficient (Wildman–Crippen LogP) is 2.74. The first kappa shape index (κ1) is 18.1. The molecule has 0 bridgehead atoms. The number of hydrogen-bond donors (Lipinski definition) is 1. The van der Waals surface area contributed by atoms with Crippen LogP contribution in [0.2, 0.25) is 0 Å². The molecule has 6 nitrogen and oxygen atoms in total. The lowest BCUT2D eigenvalue weighted by atomic mass is 10.0. The van der Waals surface area contributed by atoms with Gasteiger partial charge in [-0.15, -0.1) is 0 Å². The highest BCUT2D eigenvalue weighted by Gasteiger charge is 2.38. The lowest BCUT2D eigenvalue weighted by molar-refractivity contribution is -0.147. The Labute approximate surface area is 151 Å². The van der Waals surface area contributed by atoms with Crippen molar-refractivity contribution in [1.29, 1.82) is 0 Å². The molecule has 0 atom stereocenters. The monoisotopic (exact) mass is 359 g/mol. The van der Waals surface area contributed by atoms with Gasteiger partial charge in [0.05, 0.1) is 0 Å². The zero-order valence-electron chi connectivity index (χ0n) is 15.3. The number of nitrogens with zero attached hydrogens (tertiary/aromatic N) is 3. The summed E-state index contributed by atoms with van der Waals surface area (Å²) in [6.45, 7) is 4.79. The van der Waals surface area contributed by atoms with Crippen LogP contribution in [-0.4, -0.2) is 44.3 Å². The number of carbonyl (C=O) groups is 2. The molecule has 1 amide bonds. The molecule has 1 aromatic carbocycles. The smallest absolute Gasteiger partial charge is 0.329 e. The van der Waals surface area contributed by atoms with Crippen LogP contribution in [0, 0.1) is 12.7 Å². The Morgan fingerprint density at radius 2 is 2.00 bits per heavy atom. The maximum atomic E-state index is 14.4. The molecular weight excluding hydrogens is 337 g/mol. The van der Waals surface area contributed by atoms with Gasteiger partial charge >= 0.3 is 5.97 Å². The molecule has 7 heteroatoms. The Morgan fingerprint density at radius 3 is 2.65 bits per heavy atom. The molecular formula is C19H22FN3O3. The second-order valence-corrected chi connectivity index (χ2v) is 7.22. The number of aliphatic carboxylic acids is 1. The predicted molar refractivity (Wildman–Crippen MR) is 94.1 cm³/mol. The van der Waals surface area contributed by atoms with E-state index >= 15 is 0 Å². The molecule has 0 spiro atoms. The maximum Gasteiger partial charge on any atom is 0.329 e. The number of carbonyl (C=O) groups excluding carboxylic acids is 1. The van der Waals surface area contributed by atoms with E-state index in [4.69, 9.17) is 0 Å². The first-order valence-corrected chi connectivity index (χ1v) is 8.53. The van der Waals surface area contributed by atoms with Gasteiger partial charge in [0.25, 0.3) is 5.91 Å². The zero-order chi connectivity index (χ0) is 19.2. The van der Waals surface area contributed by atoms with Gasteiger partial charge in [-0.2, -0.15) is 5.10 Å². The van der Waals surface area contributed by atoms with Crippen molar-refractivity contribution in [3.05, 3.63) is 46.5 Å². The number of amides is 1. The minimum Gasteiger partial charge on any atom is -0.480 e. The molecule has 2 aromatic rings. The molecule has 1 heterocycles. The van der Waals surface area contributed by atoms with E-state index in [0.717, 1.165) is 23.2 Å². The summed E-state index contributed by atoms with van der Waals surface area (Å²) in [7, 11) is 1.45. The first-order chi connectivity index (χ1) is 12.1. The molecule has 138 valence electrons. The van der Waals surface area contributed by atoms with Crippen molar-refractivity contribution in [2.24, 2.45) is 0 Å². The van der Waals surface area contributed by atoms with Crippen molar-refractivity contribution in [2.75, 3.05) is 7.05 Å². The number of aryl methyl sites for hydroxylation is 1. The van der Waals surface area contributed by atoms with Crippen molar-refractivity contribution in [3.63, 3.8) is 0 Å². The summed E-state index contributed by atoms with van der Waals surface area (Å²) in [5, 5.41) is 13.8. The van der Waals surface area contributed by atoms with E-state index in [9.17, 15) is 19.1 Å². The Morgan fingerprint density at radius 1 is 1.31 bits per heavy atom. The van der Waals surface area contributed by atoms with Crippen LogP contribution in [0.25, 0.3) is 5.69 Å². The van der Waals surface area contributed by atoms with E-state index in [-0.39, 0.29) is 5.69 Å². The summed E-state index contributed by atoms with van der Waals surface area (Å²) in [5.74, 6) is -1.98. The van der Waals surface area contributed by atoms with Gasteiger partial charge in [0.1, 0.15) is 17.0 Å². The standard InChI is InChI=1S/C19H22FN3O3/c1-11-8-9-13(20)15(10-11)23-14-7-5-6-12(14)16(21-23)17(24)22(4)19(2,3)18(25)26/h8-10H,5-7H2,1-4H3,(H,25,26). The number of hydrogen-bond acceptors (Lipinski definition) is 3. The second-order valence-electron chi connectivity index (χ2n) is 7.22. The summed E-state index contributed by atoms with van der Waals surface area (Å²) in [5.41, 5.74) is 1.63. The SMILES string of the molecule is Cc1ccc(F)c(-n2nc(C(=O)N(C)C(C)(C)C(=O)O)c3c2CCC3)c1. The lowest BCUT2D eigenvalue weighted by Gasteiger charge is -2.31. The van der Waals surface area contributed by atoms with Gasteiger partial charge in [0.15, 0.2) is 5.69 Å². The van der Waals surface area contributed by atoms with E-state index in [0.29, 0.717) is 18.5 Å². The molecule has 1 N–H and O–H groups in total. The van der Waals surface area contributed by atoms with Gasteiger partial charge in [-0.05, 0) is 57.7 Å². The fourth-order valence-corrected chi connectivity index (χ4v) is 3.15. The van der Waals surface area contributed by atoms with Crippen molar-refractivity contribution in [3.8, 4) is 5.69 Å². The molecule has 0 aliphatic heterocycles. The van der Waals surface area contributed by atoms with Crippen LogP contribution in [0.5, 0.6) is 0 Å². The van der Waals surface area contributed by atoms with E-state index in [2.05, 4.69) is 5.10 Å². The third kappa shape index (κ3) is 2.77. The quantitative estimate of drug-likeness (QED) is 0.911. The van der Waals surface area contributed by atoms with Gasteiger partial charge < -0.3 is 10.0 Å². The van der Waals surface area contributed by atoms with Crippen LogP contribution in [-0.2, 0) is 17.6 Å². The van der Waals surface area contributed by atoms with Gasteiger partial charge in [-0.25, -0.2) is 13.9 Å². The van der Waals surface area contributed by atoms with E-state index in [1.807, 2.05) is 6.92 Å². The largest absolute Gasteiger partial charge is 0.480 e. The molecule has 3 rings (SSSR count). The number of aromatic nitrogens is 2. The fraction of sp³-hybridized carbons (Fsp3) is 0.421. The second kappa shape index (κ2) is 6.23. The summed E-state index contributed by atoms with van der Waals surface area (Å²) in [4.78, 5) is 25.6. The highest BCUT2D eigenvalue weighted by Crippen LogP contribution is 2.30. The maximum absolute atomic E-state index is 14.4. The van der Waals surface area contributed by atoms with Crippen molar-refractivity contribution >= 4 is 11.9 Å². The fourth-order valence-electron chi connectivity index (χ4n) is 3.15. The average molecular weight is 359 g/mol. The zero-order valence-corrected chi connectivity index (χ0v) is 15.3. The highest BCUT2D eigenvalue weighted by molar-refractivity contribution is 5.97. The number of carboxylic acids is 1. The summed E-state index contributed by atoms with van der Waals surface area (Å²) >= 11 is 0. The van der Waals surface area contributed by atoms with Crippen LogP contribution in [0.15, 0.2) is 18.2 Å². The van der Waals surface area contributed by atoms with Gasteiger partial charge in [0.2, 0.25) is 0 Å². The molecule has 1 aliphatic rings. The average Bonchev–Trinajstić information content (AvgIpc) is 3.18. The van der Waals surface area contributed by atoms with E-state index < -0.39 is 23.2 Å². The van der Waals surface area contributed by atoms with E-state index in [1.165, 1.54) is 36.5 Å². The lowest BCUT2D eigenvalue weighted by Crippen LogP contribution is -2.51. The number of benzene rings is 1. The summed E-state index contributed by atoms with van der Waals surface area (Å²) < 4.78 is 15.9. The van der Waals surface area contributed by atoms with Crippen molar-refractivity contribution in [1.82, 2.24) is 14.7 Å². The number of carboxylic acid groups (broad SMARTS) is 1. The molecule has 1 aromatic heterocycles. The third-order valence-corrected chi connectivity index (χ3v) is 5.13. The topological polar surface area (TPSA) is 75.4 Å². The molecule has 0 saturated carbocycles. The van der Waals surface area contributed by atoms with Crippen molar-refractivity contribution in [2.45, 2.75) is 45.6 Å². The van der Waals surface area contributed by atoms with Crippen LogP contribution >= 0.6 is 0 Å². The molecule has 0 saturated heterocycles. The van der Waals surface area contributed by atoms with E-state index in [1.54, 1.807) is 12.1 Å². The van der Waals surface area contributed by atoms with Crippen LogP contribution in [0.3, 0.4) is 0 Å². The molecule has 0 fully saturated rings. The van der Waals surface area contributed by atoms with Crippen LogP contribution < -0.4 is 0 Å². The Hall–Kier alpha value is -2.70. The first-order valence-electron chi connectivity index (χ1n) is 8.53. The molecule has 0 unspecified atom stereocenters. The summed E-state index contributed by atoms with van der Waals surface area (Å²) in [6, 6.07) is 4.76. The van der Waals surface area contributed by atoms with Crippen LogP contribution in [0.4, 0.5) is 4.39 Å². The Bertz CT molecular complexity index is 902. The number of fused-ring (bicyclic) bond motifs is 1. The Balaban J connectivity index is 2.10.